The molecule has 1 saturated heterocycles. The first-order valence-electron chi connectivity index (χ1n) is 5.72. The van der Waals surface area contributed by atoms with Crippen LogP contribution in [-0.2, 0) is 16.5 Å². The molecule has 1 heterocycles. The van der Waals surface area contributed by atoms with Crippen LogP contribution in [0.1, 0.15) is 27.2 Å². The van der Waals surface area contributed by atoms with Gasteiger partial charge in [-0.2, -0.15) is 0 Å². The maximum absolute atomic E-state index is 5.71. The Morgan fingerprint density at radius 2 is 1.69 bits per heavy atom. The fourth-order valence-electron chi connectivity index (χ4n) is 1.32. The summed E-state index contributed by atoms with van der Waals surface area (Å²) >= 11 is 0. The Labute approximate surface area is 107 Å². The number of nitrogens with one attached hydrogen (secondary N) is 1. The highest BCUT2D eigenvalue weighted by molar-refractivity contribution is 6.59. The van der Waals surface area contributed by atoms with Crippen molar-refractivity contribution in [1.82, 2.24) is 5.32 Å². The molecule has 1 aliphatic rings. The van der Waals surface area contributed by atoms with E-state index in [0.717, 1.165) is 19.0 Å². The lowest BCUT2D eigenvalue weighted by atomic mass is 10.1. The number of hydrogen-bond acceptors (Lipinski definition) is 5. The van der Waals surface area contributed by atoms with E-state index in [1.807, 2.05) is 0 Å². The van der Waals surface area contributed by atoms with Crippen LogP contribution in [0.3, 0.4) is 0 Å². The summed E-state index contributed by atoms with van der Waals surface area (Å²) in [6, 6.07) is 1.07. The zero-order valence-electron chi connectivity index (χ0n) is 10.5. The van der Waals surface area contributed by atoms with E-state index >= 15 is 0 Å². The minimum atomic E-state index is -1.43. The maximum atomic E-state index is 5.71. The first-order valence-corrected chi connectivity index (χ1v) is 10.9. The van der Waals surface area contributed by atoms with Gasteiger partial charge in [-0.1, -0.05) is 0 Å². The van der Waals surface area contributed by atoms with Crippen LogP contribution in [0.5, 0.6) is 0 Å². The number of hydrogen-bond donors (Lipinski definition) is 1. The van der Waals surface area contributed by atoms with E-state index in [-0.39, 0.29) is 5.54 Å². The molecule has 9 heteroatoms. The average Bonchev–Trinajstić information content (AvgIpc) is 2.13. The molecule has 0 bridgehead atoms. The van der Waals surface area contributed by atoms with Crippen molar-refractivity contribution < 1.29 is 16.5 Å². The smallest absolute Gasteiger partial charge is 0.303 e. The highest BCUT2D eigenvalue weighted by atomic mass is 28.4. The van der Waals surface area contributed by atoms with Gasteiger partial charge in [0, 0.05) is 5.54 Å². The molecule has 0 aliphatic carbocycles. The van der Waals surface area contributed by atoms with Crippen molar-refractivity contribution in [3.05, 3.63) is 0 Å². The maximum Gasteiger partial charge on any atom is 0.303 e. The second-order valence-corrected chi connectivity index (χ2v) is 12.9. The van der Waals surface area contributed by atoms with Gasteiger partial charge in [0.05, 0.1) is 0 Å². The molecule has 0 aromatic rings. The Morgan fingerprint density at radius 1 is 1.06 bits per heavy atom. The Bertz CT molecular complexity index is 184. The van der Waals surface area contributed by atoms with Gasteiger partial charge in [-0.25, -0.2) is 0 Å². The Hall–Kier alpha value is 0.668. The molecular weight excluding hydrogens is 274 g/mol. The normalized spacial score (nSPS) is 28.3. The summed E-state index contributed by atoms with van der Waals surface area (Å²) in [6.07, 6.45) is 1.12. The summed E-state index contributed by atoms with van der Waals surface area (Å²) in [5.41, 5.74) is 0.200. The molecule has 1 N–H and O–H groups in total. The monoisotopic (exact) mass is 297 g/mol. The van der Waals surface area contributed by atoms with Crippen molar-refractivity contribution in [2.75, 3.05) is 6.54 Å². The van der Waals surface area contributed by atoms with Crippen LogP contribution in [0.15, 0.2) is 0 Å². The molecule has 1 fully saturated rings. The van der Waals surface area contributed by atoms with Crippen molar-refractivity contribution in [3.63, 3.8) is 0 Å². The zero-order chi connectivity index (χ0) is 11.9. The summed E-state index contributed by atoms with van der Waals surface area (Å²) < 4.78 is 22.2. The van der Waals surface area contributed by atoms with Gasteiger partial charge >= 0.3 is 9.28 Å². The van der Waals surface area contributed by atoms with Crippen molar-refractivity contribution in [2.45, 2.75) is 38.8 Å². The molecule has 0 aromatic carbocycles. The molecule has 0 saturated carbocycles. The van der Waals surface area contributed by atoms with Gasteiger partial charge in [-0.05, 0) is 39.8 Å². The molecule has 0 spiro atoms. The molecule has 1 rings (SSSR count). The van der Waals surface area contributed by atoms with Gasteiger partial charge in [-0.3, -0.25) is 0 Å². The zero-order valence-corrected chi connectivity index (χ0v) is 15.9. The second-order valence-electron chi connectivity index (χ2n) is 4.84. The topological polar surface area (TPSA) is 49.0 Å². The largest absolute Gasteiger partial charge is 0.425 e. The predicted octanol–water partition coefficient (Wildman–Crippen LogP) is -1.94. The molecular formula is C7H23NO4Si4. The van der Waals surface area contributed by atoms with Crippen LogP contribution in [0.25, 0.3) is 0 Å². The summed E-state index contributed by atoms with van der Waals surface area (Å²) in [5.74, 6) is 0. The van der Waals surface area contributed by atoms with E-state index in [1.165, 1.54) is 0 Å². The molecule has 1 aliphatic heterocycles. The molecule has 0 unspecified atom stereocenters. The molecule has 0 atom stereocenters. The highest BCUT2D eigenvalue weighted by Gasteiger charge is 2.16. The van der Waals surface area contributed by atoms with Gasteiger partial charge < -0.3 is 21.8 Å². The van der Waals surface area contributed by atoms with Crippen molar-refractivity contribution >= 4 is 39.3 Å². The molecule has 0 aromatic heterocycles. The lowest BCUT2D eigenvalue weighted by molar-refractivity contribution is 0.326. The van der Waals surface area contributed by atoms with Gasteiger partial charge in [-0.15, -0.1) is 0 Å². The Kier molecular flexibility index (Phi) is 7.26. The summed E-state index contributed by atoms with van der Waals surface area (Å²) in [7, 11) is -3.72. The third kappa shape index (κ3) is 7.86. The fraction of sp³-hybridized carbons (Fsp3) is 1.00. The average molecular weight is 298 g/mol. The minimum Gasteiger partial charge on any atom is -0.425 e. The van der Waals surface area contributed by atoms with Gasteiger partial charge in [0.2, 0.25) is 0 Å². The molecule has 0 radical (unpaired) electrons. The van der Waals surface area contributed by atoms with Gasteiger partial charge in [0.25, 0.3) is 30.0 Å². The SMILES string of the molecule is CC(C)(C)NCCC[SiH]1O[SiH2]O[SiH2]O[SiH2]O1. The molecule has 0 amide bonds. The van der Waals surface area contributed by atoms with E-state index < -0.39 is 39.3 Å². The fourth-order valence-corrected chi connectivity index (χ4v) is 10.2. The number of rotatable bonds is 4. The van der Waals surface area contributed by atoms with Crippen molar-refractivity contribution in [3.8, 4) is 0 Å². The summed E-state index contributed by atoms with van der Waals surface area (Å²) in [4.78, 5) is 0. The lowest BCUT2D eigenvalue weighted by Crippen LogP contribution is -2.38. The highest BCUT2D eigenvalue weighted by Crippen LogP contribution is 2.04. The minimum absolute atomic E-state index is 0.200. The Balaban J connectivity index is 2.06. The van der Waals surface area contributed by atoms with Crippen LogP contribution in [0.4, 0.5) is 0 Å². The van der Waals surface area contributed by atoms with Crippen molar-refractivity contribution in [1.29, 1.82) is 0 Å². The van der Waals surface area contributed by atoms with E-state index in [0.29, 0.717) is 0 Å². The third-order valence-corrected chi connectivity index (χ3v) is 9.72. The predicted molar refractivity (Wildman–Crippen MR) is 74.3 cm³/mol. The lowest BCUT2D eigenvalue weighted by Gasteiger charge is -2.23. The second kappa shape index (κ2) is 7.89. The van der Waals surface area contributed by atoms with Crippen LogP contribution in [0.2, 0.25) is 6.04 Å². The van der Waals surface area contributed by atoms with E-state index in [4.69, 9.17) is 16.5 Å². The van der Waals surface area contributed by atoms with Crippen LogP contribution in [0, 0.1) is 0 Å². The van der Waals surface area contributed by atoms with Crippen LogP contribution in [-0.4, -0.2) is 51.4 Å². The Morgan fingerprint density at radius 3 is 2.25 bits per heavy atom. The van der Waals surface area contributed by atoms with Gasteiger partial charge in [0.1, 0.15) is 0 Å². The summed E-state index contributed by atoms with van der Waals surface area (Å²) in [6.45, 7) is 7.57. The first kappa shape index (κ1) is 14.7. The quantitative estimate of drug-likeness (QED) is 0.483. The molecule has 16 heavy (non-hydrogen) atoms. The third-order valence-electron chi connectivity index (χ3n) is 2.11. The molecule has 5 nitrogen and oxygen atoms in total. The van der Waals surface area contributed by atoms with E-state index in [2.05, 4.69) is 26.1 Å². The van der Waals surface area contributed by atoms with Gasteiger partial charge in [0.15, 0.2) is 0 Å². The van der Waals surface area contributed by atoms with Crippen LogP contribution < -0.4 is 5.32 Å². The van der Waals surface area contributed by atoms with E-state index in [1.54, 1.807) is 0 Å². The standard InChI is InChI=1S/C7H23NO4Si4/c1-7(2,3)8-5-4-6-16-11-14-9-13-10-15-12-16/h8,16H,4-6,13-15H2,1-3H3. The van der Waals surface area contributed by atoms with Crippen molar-refractivity contribution in [2.24, 2.45) is 0 Å². The molecule has 96 valence electrons. The van der Waals surface area contributed by atoms with E-state index in [9.17, 15) is 0 Å². The first-order chi connectivity index (χ1) is 7.58. The summed E-state index contributed by atoms with van der Waals surface area (Å²) in [5, 5.41) is 3.47. The van der Waals surface area contributed by atoms with Crippen LogP contribution >= 0.6 is 0 Å².